The van der Waals surface area contributed by atoms with E-state index >= 15 is 0 Å². The van der Waals surface area contributed by atoms with Gasteiger partial charge >= 0.3 is 0 Å². The molecule has 0 saturated heterocycles. The Kier molecular flexibility index (Phi) is 5.60. The number of rotatable bonds is 5. The van der Waals surface area contributed by atoms with E-state index < -0.39 is 23.5 Å². The first-order valence-electron chi connectivity index (χ1n) is 8.25. The van der Waals surface area contributed by atoms with Gasteiger partial charge in [-0.1, -0.05) is 11.6 Å². The van der Waals surface area contributed by atoms with Crippen molar-refractivity contribution in [1.29, 1.82) is 0 Å². The number of amides is 3. The molecule has 0 aliphatic carbocycles. The summed E-state index contributed by atoms with van der Waals surface area (Å²) in [6.07, 6.45) is 1.21. The highest BCUT2D eigenvalue weighted by atomic mass is 35.5. The van der Waals surface area contributed by atoms with Crippen LogP contribution < -0.4 is 16.0 Å². The fourth-order valence-corrected chi connectivity index (χ4v) is 2.80. The molecule has 4 N–H and O–H groups in total. The molecule has 1 heterocycles. The number of imidazole rings is 1. The quantitative estimate of drug-likeness (QED) is 0.593. The van der Waals surface area contributed by atoms with E-state index in [0.29, 0.717) is 11.4 Å². The maximum Gasteiger partial charge on any atom is 0.279 e. The Balaban J connectivity index is 1.74. The zero-order valence-electron chi connectivity index (χ0n) is 15.1. The van der Waals surface area contributed by atoms with Crippen molar-refractivity contribution in [2.45, 2.75) is 0 Å². The van der Waals surface area contributed by atoms with E-state index in [9.17, 15) is 18.8 Å². The molecule has 0 aliphatic heterocycles. The number of hydrogen-bond acceptors (Lipinski definition) is 4. The van der Waals surface area contributed by atoms with Crippen molar-refractivity contribution in [3.63, 3.8) is 0 Å². The largest absolute Gasteiger partial charge is 0.364 e. The first-order chi connectivity index (χ1) is 13.8. The average molecular weight is 416 g/mol. The second kappa shape index (κ2) is 8.11. The molecule has 0 radical (unpaired) electrons. The highest BCUT2D eigenvalue weighted by Crippen LogP contribution is 2.21. The van der Waals surface area contributed by atoms with Crippen LogP contribution in [0.2, 0.25) is 5.02 Å². The van der Waals surface area contributed by atoms with Gasteiger partial charge in [0.25, 0.3) is 17.7 Å². The minimum atomic E-state index is -0.797. The van der Waals surface area contributed by atoms with Gasteiger partial charge in [0.05, 0.1) is 6.33 Å². The van der Waals surface area contributed by atoms with Crippen molar-refractivity contribution in [2.24, 2.45) is 5.73 Å². The Morgan fingerprint density at radius 1 is 1.17 bits per heavy atom. The summed E-state index contributed by atoms with van der Waals surface area (Å²) in [5, 5.41) is 2.72. The number of nitrogens with one attached hydrogen (secondary N) is 2. The highest BCUT2D eigenvalue weighted by Gasteiger charge is 2.22. The zero-order valence-corrected chi connectivity index (χ0v) is 15.8. The third-order valence-electron chi connectivity index (χ3n) is 4.03. The predicted molar refractivity (Wildman–Crippen MR) is 106 cm³/mol. The van der Waals surface area contributed by atoms with E-state index in [1.807, 2.05) is 0 Å². The lowest BCUT2D eigenvalue weighted by Crippen LogP contribution is -2.29. The van der Waals surface area contributed by atoms with Gasteiger partial charge in [0.1, 0.15) is 11.5 Å². The lowest BCUT2D eigenvalue weighted by molar-refractivity contribution is 0.0958. The summed E-state index contributed by atoms with van der Waals surface area (Å²) in [6, 6.07) is 9.83. The molecular weight excluding hydrogens is 401 g/mol. The van der Waals surface area contributed by atoms with E-state index in [2.05, 4.69) is 15.3 Å². The Morgan fingerprint density at radius 2 is 1.86 bits per heavy atom. The van der Waals surface area contributed by atoms with Gasteiger partial charge in [0, 0.05) is 29.0 Å². The molecule has 0 spiro atoms. The number of nitrogens with two attached hydrogens (primary N) is 1. The van der Waals surface area contributed by atoms with Crippen LogP contribution in [0.25, 0.3) is 0 Å². The molecule has 0 aliphatic rings. The molecule has 1 aromatic heterocycles. The molecule has 8 nitrogen and oxygen atoms in total. The van der Waals surface area contributed by atoms with Crippen molar-refractivity contribution in [3.8, 4) is 0 Å². The van der Waals surface area contributed by atoms with Crippen LogP contribution in [0.15, 0.2) is 48.8 Å². The van der Waals surface area contributed by atoms with Gasteiger partial charge in [-0.2, -0.15) is 0 Å². The van der Waals surface area contributed by atoms with Crippen LogP contribution in [0.3, 0.4) is 0 Å². The van der Waals surface area contributed by atoms with Gasteiger partial charge in [-0.15, -0.1) is 0 Å². The summed E-state index contributed by atoms with van der Waals surface area (Å²) < 4.78 is 13.4. The molecule has 3 amide bonds. The predicted octanol–water partition coefficient (Wildman–Crippen LogP) is 2.83. The van der Waals surface area contributed by atoms with Crippen LogP contribution in [0.5, 0.6) is 0 Å². The Hall–Kier alpha value is -3.72. The monoisotopic (exact) mass is 415 g/mol. The van der Waals surface area contributed by atoms with Gasteiger partial charge in [-0.05, 0) is 42.5 Å². The second-order valence-electron chi connectivity index (χ2n) is 6.01. The van der Waals surface area contributed by atoms with Crippen molar-refractivity contribution in [3.05, 3.63) is 76.6 Å². The number of benzene rings is 2. The number of anilines is 2. The number of carbonyl (C=O) groups is 3. The Bertz CT molecular complexity index is 1080. The molecule has 10 heteroatoms. The third kappa shape index (κ3) is 4.41. The second-order valence-corrected chi connectivity index (χ2v) is 6.45. The van der Waals surface area contributed by atoms with Crippen molar-refractivity contribution in [2.75, 3.05) is 17.3 Å². The Morgan fingerprint density at radius 3 is 2.48 bits per heavy atom. The van der Waals surface area contributed by atoms with E-state index in [1.54, 1.807) is 24.3 Å². The van der Waals surface area contributed by atoms with Crippen molar-refractivity contribution >= 4 is 40.7 Å². The smallest absolute Gasteiger partial charge is 0.279 e. The van der Waals surface area contributed by atoms with Crippen LogP contribution in [0.4, 0.5) is 15.8 Å². The molecule has 2 aromatic carbocycles. The lowest BCUT2D eigenvalue weighted by atomic mass is 10.2. The highest BCUT2D eigenvalue weighted by molar-refractivity contribution is 6.31. The van der Waals surface area contributed by atoms with E-state index in [0.717, 1.165) is 12.1 Å². The van der Waals surface area contributed by atoms with Gasteiger partial charge in [0.2, 0.25) is 0 Å². The normalized spacial score (nSPS) is 10.4. The SMILES string of the molecule is CN(C(=O)c1nc[nH]c1C(N)=O)c1ccc(NC(=O)c2cc(F)cc(Cl)c2)cc1. The van der Waals surface area contributed by atoms with Crippen LogP contribution in [-0.4, -0.2) is 34.7 Å². The summed E-state index contributed by atoms with van der Waals surface area (Å²) in [7, 11) is 1.50. The van der Waals surface area contributed by atoms with Gasteiger partial charge in [-0.25, -0.2) is 9.37 Å². The minimum absolute atomic E-state index is 0.0730. The fraction of sp³-hybridized carbons (Fsp3) is 0.0526. The fourth-order valence-electron chi connectivity index (χ4n) is 2.58. The number of H-pyrrole nitrogens is 1. The summed E-state index contributed by atoms with van der Waals surface area (Å²) in [5.74, 6) is -2.49. The molecule has 0 bridgehead atoms. The van der Waals surface area contributed by atoms with Crippen LogP contribution in [-0.2, 0) is 0 Å². The number of nitrogens with zero attached hydrogens (tertiary/aromatic N) is 2. The number of hydrogen-bond donors (Lipinski definition) is 3. The molecular formula is C19H15ClFN5O3. The molecule has 3 rings (SSSR count). The molecule has 0 unspecified atom stereocenters. The van der Waals surface area contributed by atoms with E-state index in [1.165, 1.54) is 24.3 Å². The standard InChI is InChI=1S/C19H15ClFN5O3/c1-26(19(29)16-15(17(22)27)23-9-24-16)14-4-2-13(3-5-14)25-18(28)10-6-11(20)8-12(21)7-10/h2-9H,1H3,(H2,22,27)(H,23,24)(H,25,28). The first kappa shape index (κ1) is 20.0. The maximum absolute atomic E-state index is 13.4. The molecule has 0 saturated carbocycles. The zero-order chi connectivity index (χ0) is 21.1. The summed E-state index contributed by atoms with van der Waals surface area (Å²) in [5.41, 5.74) is 6.02. The number of carbonyl (C=O) groups excluding carboxylic acids is 3. The molecule has 0 atom stereocenters. The van der Waals surface area contributed by atoms with E-state index in [-0.39, 0.29) is 22.0 Å². The Labute approximate surface area is 169 Å². The molecule has 29 heavy (non-hydrogen) atoms. The molecule has 0 fully saturated rings. The summed E-state index contributed by atoms with van der Waals surface area (Å²) >= 11 is 5.76. The van der Waals surface area contributed by atoms with Crippen molar-refractivity contribution in [1.82, 2.24) is 9.97 Å². The average Bonchev–Trinajstić information content (AvgIpc) is 3.17. The lowest BCUT2D eigenvalue weighted by Gasteiger charge is -2.17. The third-order valence-corrected chi connectivity index (χ3v) is 4.25. The van der Waals surface area contributed by atoms with Gasteiger partial charge in [0.15, 0.2) is 5.69 Å². The number of primary amides is 1. The van der Waals surface area contributed by atoms with Crippen LogP contribution >= 0.6 is 11.6 Å². The van der Waals surface area contributed by atoms with E-state index in [4.69, 9.17) is 17.3 Å². The summed E-state index contributed by atoms with van der Waals surface area (Å²) in [4.78, 5) is 43.8. The number of aromatic amines is 1. The van der Waals surface area contributed by atoms with Gasteiger partial charge in [-0.3, -0.25) is 14.4 Å². The minimum Gasteiger partial charge on any atom is -0.364 e. The summed E-state index contributed by atoms with van der Waals surface area (Å²) in [6.45, 7) is 0. The topological polar surface area (TPSA) is 121 Å². The maximum atomic E-state index is 13.4. The number of halogens is 2. The number of aromatic nitrogens is 2. The van der Waals surface area contributed by atoms with Crippen LogP contribution in [0.1, 0.15) is 31.3 Å². The molecule has 148 valence electrons. The van der Waals surface area contributed by atoms with Crippen LogP contribution in [0, 0.1) is 5.82 Å². The van der Waals surface area contributed by atoms with Crippen molar-refractivity contribution < 1.29 is 18.8 Å². The molecule has 3 aromatic rings. The first-order valence-corrected chi connectivity index (χ1v) is 8.63. The van der Waals surface area contributed by atoms with Gasteiger partial charge < -0.3 is 20.9 Å².